The molecule has 0 unspecified atom stereocenters. The molecule has 3 heterocycles. The summed E-state index contributed by atoms with van der Waals surface area (Å²) in [4.78, 5) is 17.8. The van der Waals surface area contributed by atoms with Crippen molar-refractivity contribution in [2.24, 2.45) is 0 Å². The third-order valence-electron chi connectivity index (χ3n) is 3.32. The summed E-state index contributed by atoms with van der Waals surface area (Å²) in [6.45, 7) is 0.198. The van der Waals surface area contributed by atoms with Crippen LogP contribution in [0.4, 0.5) is 5.69 Å². The first-order valence-corrected chi connectivity index (χ1v) is 7.76. The van der Waals surface area contributed by atoms with Crippen molar-refractivity contribution in [2.45, 2.75) is 0 Å². The molecule has 0 bridgehead atoms. The Bertz CT molecular complexity index is 799. The Morgan fingerprint density at radius 2 is 2.14 bits per heavy atom. The van der Waals surface area contributed by atoms with Gasteiger partial charge in [-0.1, -0.05) is 24.0 Å². The molecule has 0 saturated carbocycles. The van der Waals surface area contributed by atoms with Crippen molar-refractivity contribution < 1.29 is 14.3 Å². The van der Waals surface area contributed by atoms with Crippen molar-refractivity contribution in [1.29, 1.82) is 0 Å². The van der Waals surface area contributed by atoms with Crippen LogP contribution in [0.1, 0.15) is 5.69 Å². The number of aromatic amines is 1. The molecule has 0 radical (unpaired) electrons. The first kappa shape index (κ1) is 13.4. The summed E-state index contributed by atoms with van der Waals surface area (Å²) in [6, 6.07) is 9.13. The normalized spacial score (nSPS) is 18.5. The number of benzene rings is 1. The van der Waals surface area contributed by atoms with E-state index in [0.717, 1.165) is 5.69 Å². The average molecular weight is 330 g/mol. The second-order valence-corrected chi connectivity index (χ2v) is 6.36. The van der Waals surface area contributed by atoms with Gasteiger partial charge in [-0.15, -0.1) is 0 Å². The van der Waals surface area contributed by atoms with Gasteiger partial charge in [-0.2, -0.15) is 0 Å². The second-order valence-electron chi connectivity index (χ2n) is 4.68. The van der Waals surface area contributed by atoms with Crippen molar-refractivity contribution in [3.63, 3.8) is 0 Å². The highest BCUT2D eigenvalue weighted by Crippen LogP contribution is 2.40. The van der Waals surface area contributed by atoms with Gasteiger partial charge in [-0.05, 0) is 30.3 Å². The minimum Gasteiger partial charge on any atom is -0.454 e. The van der Waals surface area contributed by atoms with Crippen LogP contribution in [0.3, 0.4) is 0 Å². The SMILES string of the molecule is O=C1/C(=C/c2ccc[nH]2)SC(=S)N1c1ccc2c(c1)OCO2. The lowest BCUT2D eigenvalue weighted by molar-refractivity contribution is -0.113. The van der Waals surface area contributed by atoms with Gasteiger partial charge in [0.15, 0.2) is 15.8 Å². The molecular formula is C15H10N2O3S2. The van der Waals surface area contributed by atoms with Crippen LogP contribution in [0.15, 0.2) is 41.4 Å². The standard InChI is InChI=1S/C15H10N2O3S2/c18-14-13(6-9-2-1-5-16-9)22-15(21)17(14)10-3-4-11-12(7-10)20-8-19-11/h1-7,16H,8H2/b13-6-. The quantitative estimate of drug-likeness (QED) is 0.677. The number of aromatic nitrogens is 1. The van der Waals surface area contributed by atoms with E-state index >= 15 is 0 Å². The maximum atomic E-state index is 12.6. The van der Waals surface area contributed by atoms with Crippen molar-refractivity contribution in [1.82, 2.24) is 4.98 Å². The molecule has 2 aliphatic heterocycles. The fourth-order valence-electron chi connectivity index (χ4n) is 2.29. The number of amides is 1. The molecule has 110 valence electrons. The second kappa shape index (κ2) is 5.19. The highest BCUT2D eigenvalue weighted by molar-refractivity contribution is 8.27. The number of thioether (sulfide) groups is 1. The number of fused-ring (bicyclic) bond motifs is 1. The number of carbonyl (C=O) groups is 1. The molecule has 1 N–H and O–H groups in total. The Hall–Kier alpha value is -2.25. The van der Waals surface area contributed by atoms with Crippen LogP contribution < -0.4 is 14.4 Å². The van der Waals surface area contributed by atoms with E-state index in [1.807, 2.05) is 18.3 Å². The number of anilines is 1. The Balaban J connectivity index is 1.68. The summed E-state index contributed by atoms with van der Waals surface area (Å²) in [5, 5.41) is 0. The van der Waals surface area contributed by atoms with Crippen LogP contribution in [0.5, 0.6) is 11.5 Å². The Kier molecular flexibility index (Phi) is 3.16. The lowest BCUT2D eigenvalue weighted by Crippen LogP contribution is -2.27. The third kappa shape index (κ3) is 2.18. The number of nitrogens with zero attached hydrogens (tertiary/aromatic N) is 1. The van der Waals surface area contributed by atoms with Gasteiger partial charge in [-0.3, -0.25) is 9.69 Å². The first-order chi connectivity index (χ1) is 10.7. The summed E-state index contributed by atoms with van der Waals surface area (Å²) < 4.78 is 11.1. The monoisotopic (exact) mass is 330 g/mol. The summed E-state index contributed by atoms with van der Waals surface area (Å²) in [7, 11) is 0. The van der Waals surface area contributed by atoms with Crippen LogP contribution >= 0.6 is 24.0 Å². The van der Waals surface area contributed by atoms with E-state index in [9.17, 15) is 4.79 Å². The maximum absolute atomic E-state index is 12.6. The van der Waals surface area contributed by atoms with Crippen molar-refractivity contribution in [2.75, 3.05) is 11.7 Å². The first-order valence-electron chi connectivity index (χ1n) is 6.53. The molecule has 0 spiro atoms. The molecule has 22 heavy (non-hydrogen) atoms. The lowest BCUT2D eigenvalue weighted by atomic mass is 10.2. The largest absolute Gasteiger partial charge is 0.454 e. The molecular weight excluding hydrogens is 320 g/mol. The molecule has 0 atom stereocenters. The van der Waals surface area contributed by atoms with E-state index in [4.69, 9.17) is 21.7 Å². The van der Waals surface area contributed by atoms with E-state index in [0.29, 0.717) is 26.4 Å². The van der Waals surface area contributed by atoms with Crippen molar-refractivity contribution in [3.8, 4) is 11.5 Å². The third-order valence-corrected chi connectivity index (χ3v) is 4.62. The van der Waals surface area contributed by atoms with Gasteiger partial charge >= 0.3 is 0 Å². The van der Waals surface area contributed by atoms with Crippen LogP contribution in [0.2, 0.25) is 0 Å². The predicted octanol–water partition coefficient (Wildman–Crippen LogP) is 3.15. The fourth-order valence-corrected chi connectivity index (χ4v) is 3.58. The van der Waals surface area contributed by atoms with E-state index in [1.54, 1.807) is 24.3 Å². The van der Waals surface area contributed by atoms with E-state index in [2.05, 4.69) is 4.98 Å². The molecule has 1 aromatic carbocycles. The minimum absolute atomic E-state index is 0.136. The summed E-state index contributed by atoms with van der Waals surface area (Å²) in [6.07, 6.45) is 3.61. The number of nitrogens with one attached hydrogen (secondary N) is 1. The molecule has 1 fully saturated rings. The number of carbonyl (C=O) groups excluding carboxylic acids is 1. The molecule has 1 saturated heterocycles. The highest BCUT2D eigenvalue weighted by atomic mass is 32.2. The summed E-state index contributed by atoms with van der Waals surface area (Å²) in [5.41, 5.74) is 1.55. The number of rotatable bonds is 2. The number of thiocarbonyl (C=S) groups is 1. The Morgan fingerprint density at radius 3 is 2.95 bits per heavy atom. The Labute approximate surface area is 135 Å². The highest BCUT2D eigenvalue weighted by Gasteiger charge is 2.34. The van der Waals surface area contributed by atoms with Gasteiger partial charge in [0.1, 0.15) is 0 Å². The van der Waals surface area contributed by atoms with Crippen molar-refractivity contribution >= 4 is 46.0 Å². The van der Waals surface area contributed by atoms with Crippen LogP contribution in [0, 0.1) is 0 Å². The van der Waals surface area contributed by atoms with Gasteiger partial charge in [0.25, 0.3) is 5.91 Å². The summed E-state index contributed by atoms with van der Waals surface area (Å²) in [5.74, 6) is 1.17. The molecule has 1 amide bonds. The summed E-state index contributed by atoms with van der Waals surface area (Å²) >= 11 is 6.63. The van der Waals surface area contributed by atoms with Crippen LogP contribution in [0.25, 0.3) is 6.08 Å². The molecule has 2 aliphatic rings. The smallest absolute Gasteiger partial charge is 0.270 e. The van der Waals surface area contributed by atoms with Gasteiger partial charge in [0.2, 0.25) is 6.79 Å². The van der Waals surface area contributed by atoms with Gasteiger partial charge < -0.3 is 14.5 Å². The maximum Gasteiger partial charge on any atom is 0.270 e. The topological polar surface area (TPSA) is 54.6 Å². The number of H-pyrrole nitrogens is 1. The zero-order chi connectivity index (χ0) is 15.1. The lowest BCUT2D eigenvalue weighted by Gasteiger charge is -2.14. The average Bonchev–Trinajstić information content (AvgIpc) is 3.21. The number of ether oxygens (including phenoxy) is 2. The van der Waals surface area contributed by atoms with E-state index in [-0.39, 0.29) is 12.7 Å². The zero-order valence-electron chi connectivity index (χ0n) is 11.2. The molecule has 4 rings (SSSR count). The molecule has 7 heteroatoms. The zero-order valence-corrected chi connectivity index (χ0v) is 12.9. The van der Waals surface area contributed by atoms with Crippen LogP contribution in [-0.4, -0.2) is 22.0 Å². The van der Waals surface area contributed by atoms with Gasteiger partial charge in [0.05, 0.1) is 10.6 Å². The number of hydrogen-bond acceptors (Lipinski definition) is 5. The van der Waals surface area contributed by atoms with Crippen LogP contribution in [-0.2, 0) is 4.79 Å². The minimum atomic E-state index is -0.136. The Morgan fingerprint density at radius 1 is 1.27 bits per heavy atom. The molecule has 0 aliphatic carbocycles. The van der Waals surface area contributed by atoms with E-state index < -0.39 is 0 Å². The van der Waals surface area contributed by atoms with Gasteiger partial charge in [-0.25, -0.2) is 0 Å². The molecule has 5 nitrogen and oxygen atoms in total. The molecule has 2 aromatic rings. The molecule has 1 aromatic heterocycles. The predicted molar refractivity (Wildman–Crippen MR) is 89.0 cm³/mol. The van der Waals surface area contributed by atoms with E-state index in [1.165, 1.54) is 16.7 Å². The van der Waals surface area contributed by atoms with Crippen molar-refractivity contribution in [3.05, 3.63) is 47.1 Å². The van der Waals surface area contributed by atoms with Gasteiger partial charge in [0, 0.05) is 18.0 Å². The number of hydrogen-bond donors (Lipinski definition) is 1. The fraction of sp³-hybridized carbons (Fsp3) is 0.0667.